The van der Waals surface area contributed by atoms with Crippen LogP contribution < -0.4 is 5.56 Å². The normalized spacial score (nSPS) is 23.2. The Kier molecular flexibility index (Phi) is 7.22. The summed E-state index contributed by atoms with van der Waals surface area (Å²) in [4.78, 5) is 47.6. The van der Waals surface area contributed by atoms with Crippen LogP contribution in [0.1, 0.15) is 56.9 Å². The molecule has 2 aromatic heterocycles. The van der Waals surface area contributed by atoms with E-state index in [2.05, 4.69) is 4.98 Å². The van der Waals surface area contributed by atoms with Crippen molar-refractivity contribution in [3.63, 3.8) is 0 Å². The van der Waals surface area contributed by atoms with Gasteiger partial charge < -0.3 is 24.6 Å². The lowest BCUT2D eigenvalue weighted by Crippen LogP contribution is -2.54. The molecule has 2 N–H and O–H groups in total. The molecule has 1 aliphatic carbocycles. The number of fused-ring (bicyclic) bond motifs is 1. The number of aliphatic hydroxyl groups excluding tert-OH is 1. The molecule has 2 amide bonds. The summed E-state index contributed by atoms with van der Waals surface area (Å²) < 4.78 is 3.30. The van der Waals surface area contributed by atoms with Gasteiger partial charge in [0.2, 0.25) is 11.8 Å². The zero-order chi connectivity index (χ0) is 27.9. The van der Waals surface area contributed by atoms with E-state index in [0.29, 0.717) is 43.4 Å². The topological polar surface area (TPSA) is 121 Å². The van der Waals surface area contributed by atoms with Crippen molar-refractivity contribution in [2.45, 2.75) is 76.2 Å². The van der Waals surface area contributed by atoms with E-state index in [9.17, 15) is 24.6 Å². The van der Waals surface area contributed by atoms with Gasteiger partial charge in [-0.15, -0.1) is 0 Å². The second kappa shape index (κ2) is 10.8. The average molecular weight is 548 g/mol. The highest BCUT2D eigenvalue weighted by atomic mass is 16.3. The minimum Gasteiger partial charge on any atom is -0.392 e. The van der Waals surface area contributed by atoms with Gasteiger partial charge in [0, 0.05) is 44.0 Å². The molecule has 40 heavy (non-hydrogen) atoms. The molecule has 6 rings (SSSR count). The summed E-state index contributed by atoms with van der Waals surface area (Å²) in [5.41, 5.74) is 0.834. The van der Waals surface area contributed by atoms with Crippen molar-refractivity contribution in [1.29, 1.82) is 0 Å². The zero-order valence-electron chi connectivity index (χ0n) is 22.7. The minimum absolute atomic E-state index is 0.00615. The van der Waals surface area contributed by atoms with Gasteiger partial charge in [-0.25, -0.2) is 4.98 Å². The van der Waals surface area contributed by atoms with Gasteiger partial charge in [0.05, 0.1) is 30.1 Å². The zero-order valence-corrected chi connectivity index (χ0v) is 22.7. The first-order valence-corrected chi connectivity index (χ1v) is 14.4. The fourth-order valence-corrected chi connectivity index (χ4v) is 6.78. The van der Waals surface area contributed by atoms with Crippen molar-refractivity contribution in [2.75, 3.05) is 19.6 Å². The van der Waals surface area contributed by atoms with E-state index >= 15 is 0 Å². The molecule has 0 spiro atoms. The first kappa shape index (κ1) is 26.7. The molecule has 4 heterocycles. The lowest BCUT2D eigenvalue weighted by atomic mass is 9.81. The summed E-state index contributed by atoms with van der Waals surface area (Å²) in [5.74, 6) is 0.101. The van der Waals surface area contributed by atoms with Gasteiger partial charge in [0.25, 0.3) is 5.56 Å². The molecule has 212 valence electrons. The van der Waals surface area contributed by atoms with Gasteiger partial charge in [0.15, 0.2) is 5.65 Å². The molecule has 3 aromatic rings. The quantitative estimate of drug-likeness (QED) is 0.488. The molecule has 10 nitrogen and oxygen atoms in total. The van der Waals surface area contributed by atoms with Gasteiger partial charge in [0.1, 0.15) is 6.33 Å². The van der Waals surface area contributed by atoms with Crippen molar-refractivity contribution in [1.82, 2.24) is 23.9 Å². The van der Waals surface area contributed by atoms with E-state index in [0.717, 1.165) is 49.9 Å². The van der Waals surface area contributed by atoms with Gasteiger partial charge in [-0.3, -0.25) is 19.0 Å². The maximum Gasteiger partial charge on any atom is 0.262 e. The number of hydrogen-bond donors (Lipinski definition) is 2. The summed E-state index contributed by atoms with van der Waals surface area (Å²) in [5, 5.41) is 21.2. The molecule has 2 aliphatic heterocycles. The molecule has 10 heteroatoms. The largest absolute Gasteiger partial charge is 0.392 e. The fourth-order valence-electron chi connectivity index (χ4n) is 6.78. The Morgan fingerprint density at radius 2 is 1.75 bits per heavy atom. The maximum absolute atomic E-state index is 13.6. The molecule has 2 saturated heterocycles. The molecular formula is C30H37N5O5. The Labute approximate surface area is 232 Å². The Morgan fingerprint density at radius 3 is 2.45 bits per heavy atom. The standard InChI is InChI=1S/C30H37N5O5/c36-18-21-7-9-22(10-8-21)34-15-11-24-27(34)31-20-33(29(24)39)19-30(40)12-16-32(17-13-30)28(38)23-4-1-2-5-25(23)35-14-3-6-26(35)37/h7-11,15,20,23,25,36,40H,1-6,12-14,16-19H2/t23-,25-/m0/s1. The number of likely N-dealkylation sites (tertiary alicyclic amines) is 2. The summed E-state index contributed by atoms with van der Waals surface area (Å²) in [6.45, 7) is 1.68. The van der Waals surface area contributed by atoms with Crippen LogP contribution in [0.3, 0.4) is 0 Å². The molecule has 2 atom stereocenters. The lowest BCUT2D eigenvalue weighted by molar-refractivity contribution is -0.145. The van der Waals surface area contributed by atoms with E-state index in [4.69, 9.17) is 0 Å². The van der Waals surface area contributed by atoms with Gasteiger partial charge in [-0.1, -0.05) is 25.0 Å². The van der Waals surface area contributed by atoms with Crippen LogP contribution in [0.25, 0.3) is 16.7 Å². The number of aromatic nitrogens is 3. The van der Waals surface area contributed by atoms with Crippen LogP contribution in [0.15, 0.2) is 47.7 Å². The highest BCUT2D eigenvalue weighted by Gasteiger charge is 2.42. The Bertz CT molecular complexity index is 1450. The summed E-state index contributed by atoms with van der Waals surface area (Å²) in [6, 6.07) is 9.12. The number of piperidine rings is 1. The Balaban J connectivity index is 1.13. The van der Waals surface area contributed by atoms with Gasteiger partial charge in [-0.05, 0) is 55.9 Å². The third kappa shape index (κ3) is 4.94. The number of nitrogens with zero attached hydrogens (tertiary/aromatic N) is 5. The summed E-state index contributed by atoms with van der Waals surface area (Å²) in [7, 11) is 0. The number of aliphatic hydroxyl groups is 2. The van der Waals surface area contributed by atoms with Crippen LogP contribution in [-0.2, 0) is 22.7 Å². The Morgan fingerprint density at radius 1 is 1.00 bits per heavy atom. The third-order valence-electron chi connectivity index (χ3n) is 9.09. The van der Waals surface area contributed by atoms with E-state index in [1.54, 1.807) is 12.3 Å². The third-order valence-corrected chi connectivity index (χ3v) is 9.09. The number of benzene rings is 1. The van der Waals surface area contributed by atoms with Crippen LogP contribution in [-0.4, -0.2) is 77.2 Å². The van der Waals surface area contributed by atoms with Crippen molar-refractivity contribution in [2.24, 2.45) is 5.92 Å². The first-order chi connectivity index (χ1) is 19.4. The SMILES string of the molecule is O=C([C@H]1CCCC[C@@H]1N1CCCC1=O)N1CCC(O)(Cn2cnc3c(ccn3-c3ccc(CO)cc3)c2=O)CC1. The number of amides is 2. The molecule has 3 fully saturated rings. The number of carbonyl (C=O) groups is 2. The highest BCUT2D eigenvalue weighted by molar-refractivity contribution is 5.83. The highest BCUT2D eigenvalue weighted by Crippen LogP contribution is 2.34. The smallest absolute Gasteiger partial charge is 0.262 e. The monoisotopic (exact) mass is 547 g/mol. The van der Waals surface area contributed by atoms with E-state index in [1.165, 1.54) is 10.9 Å². The average Bonchev–Trinajstić information content (AvgIpc) is 3.61. The summed E-state index contributed by atoms with van der Waals surface area (Å²) in [6.07, 6.45) is 9.22. The number of rotatable bonds is 6. The maximum atomic E-state index is 13.6. The first-order valence-electron chi connectivity index (χ1n) is 14.4. The van der Waals surface area contributed by atoms with Crippen LogP contribution in [0.5, 0.6) is 0 Å². The lowest BCUT2D eigenvalue weighted by Gasteiger charge is -2.43. The fraction of sp³-hybridized carbons (Fsp3) is 0.533. The van der Waals surface area contributed by atoms with Crippen molar-refractivity contribution in [3.05, 3.63) is 58.8 Å². The van der Waals surface area contributed by atoms with Crippen molar-refractivity contribution >= 4 is 22.8 Å². The van der Waals surface area contributed by atoms with Crippen LogP contribution in [0.2, 0.25) is 0 Å². The predicted molar refractivity (Wildman–Crippen MR) is 149 cm³/mol. The van der Waals surface area contributed by atoms with E-state index in [-0.39, 0.29) is 42.5 Å². The molecule has 1 aromatic carbocycles. The van der Waals surface area contributed by atoms with Crippen molar-refractivity contribution < 1.29 is 19.8 Å². The van der Waals surface area contributed by atoms with E-state index < -0.39 is 5.60 Å². The molecular weight excluding hydrogens is 510 g/mol. The minimum atomic E-state index is -1.12. The number of hydrogen-bond acceptors (Lipinski definition) is 6. The van der Waals surface area contributed by atoms with Crippen LogP contribution in [0.4, 0.5) is 0 Å². The van der Waals surface area contributed by atoms with Gasteiger partial charge >= 0.3 is 0 Å². The predicted octanol–water partition coefficient (Wildman–Crippen LogP) is 2.21. The Hall–Kier alpha value is -3.50. The number of carbonyl (C=O) groups excluding carboxylic acids is 2. The van der Waals surface area contributed by atoms with Gasteiger partial charge in [-0.2, -0.15) is 0 Å². The second-order valence-corrected chi connectivity index (χ2v) is 11.6. The second-order valence-electron chi connectivity index (χ2n) is 11.6. The van der Waals surface area contributed by atoms with E-state index in [1.807, 2.05) is 38.6 Å². The molecule has 0 unspecified atom stereocenters. The molecule has 1 saturated carbocycles. The molecule has 0 bridgehead atoms. The van der Waals surface area contributed by atoms with Crippen LogP contribution >= 0.6 is 0 Å². The summed E-state index contributed by atoms with van der Waals surface area (Å²) >= 11 is 0. The van der Waals surface area contributed by atoms with Crippen molar-refractivity contribution in [3.8, 4) is 5.69 Å². The molecule has 3 aliphatic rings. The van der Waals surface area contributed by atoms with Crippen LogP contribution in [0, 0.1) is 5.92 Å². The molecule has 0 radical (unpaired) electrons.